The number of carbonyl (C=O) groups is 2. The first-order valence-electron chi connectivity index (χ1n) is 5.86. The second kappa shape index (κ2) is 5.72. The zero-order valence-electron chi connectivity index (χ0n) is 10.4. The first-order valence-corrected chi connectivity index (χ1v) is 6.85. The van der Waals surface area contributed by atoms with Crippen molar-refractivity contribution < 1.29 is 9.59 Å². The number of carbonyl (C=O) groups excluding carboxylic acids is 2. The monoisotopic (exact) mass is 272 g/mol. The van der Waals surface area contributed by atoms with Crippen LogP contribution in [0.3, 0.4) is 0 Å². The zero-order valence-corrected chi connectivity index (χ0v) is 11.2. The lowest BCUT2D eigenvalue weighted by Crippen LogP contribution is -2.25. The Morgan fingerprint density at radius 2 is 2.11 bits per heavy atom. The molecule has 1 aliphatic rings. The summed E-state index contributed by atoms with van der Waals surface area (Å²) < 4.78 is 0. The third kappa shape index (κ3) is 2.54. The van der Waals surface area contributed by atoms with Crippen molar-refractivity contribution in [1.82, 2.24) is 4.90 Å². The number of nitriles is 1. The fourth-order valence-corrected chi connectivity index (χ4v) is 2.94. The maximum absolute atomic E-state index is 12.3. The van der Waals surface area contributed by atoms with Gasteiger partial charge < -0.3 is 4.90 Å². The van der Waals surface area contributed by atoms with Crippen molar-refractivity contribution in [1.29, 1.82) is 5.26 Å². The summed E-state index contributed by atoms with van der Waals surface area (Å²) >= 11 is 1.25. The van der Waals surface area contributed by atoms with Gasteiger partial charge in [-0.1, -0.05) is 42.1 Å². The van der Waals surface area contributed by atoms with Gasteiger partial charge in [-0.2, -0.15) is 5.26 Å². The molecule has 0 aliphatic carbocycles. The molecule has 1 fully saturated rings. The topological polar surface area (TPSA) is 61.2 Å². The number of amides is 1. The van der Waals surface area contributed by atoms with Crippen molar-refractivity contribution >= 4 is 23.5 Å². The Hall–Kier alpha value is -2.06. The lowest BCUT2D eigenvalue weighted by atomic mass is 10.1. The SMILES string of the molecule is CCN1C(=O)CS/C1=C(/C#N)C(=O)c1ccccc1. The van der Waals surface area contributed by atoms with Crippen molar-refractivity contribution in [2.75, 3.05) is 12.3 Å². The Balaban J connectivity index is 2.43. The van der Waals surface area contributed by atoms with E-state index in [1.807, 2.05) is 19.1 Å². The number of ketones is 1. The fourth-order valence-electron chi connectivity index (χ4n) is 1.86. The lowest BCUT2D eigenvalue weighted by molar-refractivity contribution is -0.125. The predicted molar refractivity (Wildman–Crippen MR) is 73.3 cm³/mol. The van der Waals surface area contributed by atoms with Crippen LogP contribution in [0.25, 0.3) is 0 Å². The molecule has 2 rings (SSSR count). The lowest BCUT2D eigenvalue weighted by Gasteiger charge is -2.15. The van der Waals surface area contributed by atoms with E-state index >= 15 is 0 Å². The summed E-state index contributed by atoms with van der Waals surface area (Å²) in [5.41, 5.74) is 0.506. The Labute approximate surface area is 115 Å². The molecule has 0 atom stereocenters. The van der Waals surface area contributed by atoms with Crippen molar-refractivity contribution in [2.24, 2.45) is 0 Å². The molecule has 19 heavy (non-hydrogen) atoms. The number of rotatable bonds is 3. The van der Waals surface area contributed by atoms with Gasteiger partial charge in [0.05, 0.1) is 5.75 Å². The summed E-state index contributed by atoms with van der Waals surface area (Å²) in [7, 11) is 0. The summed E-state index contributed by atoms with van der Waals surface area (Å²) in [4.78, 5) is 25.4. The fraction of sp³-hybridized carbons (Fsp3) is 0.214. The molecule has 0 unspecified atom stereocenters. The first-order chi connectivity index (χ1) is 9.19. The quantitative estimate of drug-likeness (QED) is 0.481. The van der Waals surface area contributed by atoms with E-state index in [4.69, 9.17) is 0 Å². The van der Waals surface area contributed by atoms with Crippen LogP contribution in [0.5, 0.6) is 0 Å². The van der Waals surface area contributed by atoms with E-state index in [1.54, 1.807) is 24.3 Å². The Morgan fingerprint density at radius 3 is 2.68 bits per heavy atom. The highest BCUT2D eigenvalue weighted by Gasteiger charge is 2.30. The van der Waals surface area contributed by atoms with Gasteiger partial charge >= 0.3 is 0 Å². The van der Waals surface area contributed by atoms with E-state index in [-0.39, 0.29) is 23.0 Å². The van der Waals surface area contributed by atoms with Crippen LogP contribution in [-0.2, 0) is 4.79 Å². The summed E-state index contributed by atoms with van der Waals surface area (Å²) in [6, 6.07) is 10.6. The van der Waals surface area contributed by atoms with Gasteiger partial charge in [-0.25, -0.2) is 0 Å². The van der Waals surface area contributed by atoms with Crippen LogP contribution in [0.1, 0.15) is 17.3 Å². The maximum Gasteiger partial charge on any atom is 0.237 e. The molecule has 1 aromatic rings. The van der Waals surface area contributed by atoms with Crippen LogP contribution in [0.4, 0.5) is 0 Å². The van der Waals surface area contributed by atoms with Gasteiger partial charge in [0.1, 0.15) is 16.7 Å². The number of nitrogens with zero attached hydrogens (tertiary/aromatic N) is 2. The third-order valence-corrected chi connectivity index (χ3v) is 3.87. The van der Waals surface area contributed by atoms with Gasteiger partial charge in [0.2, 0.25) is 11.7 Å². The molecule has 1 aliphatic heterocycles. The van der Waals surface area contributed by atoms with Crippen LogP contribution in [0.15, 0.2) is 40.9 Å². The molecule has 1 amide bonds. The molecule has 0 aromatic heterocycles. The average Bonchev–Trinajstić information content (AvgIpc) is 2.81. The highest BCUT2D eigenvalue weighted by molar-refractivity contribution is 8.04. The average molecular weight is 272 g/mol. The van der Waals surface area contributed by atoms with Crippen molar-refractivity contribution in [3.8, 4) is 6.07 Å². The molecule has 0 bridgehead atoms. The number of benzene rings is 1. The summed E-state index contributed by atoms with van der Waals surface area (Å²) in [5.74, 6) is -0.106. The van der Waals surface area contributed by atoms with Crippen molar-refractivity contribution in [3.63, 3.8) is 0 Å². The van der Waals surface area contributed by atoms with Gasteiger partial charge in [-0.15, -0.1) is 0 Å². The second-order valence-corrected chi connectivity index (χ2v) is 4.88. The Bertz CT molecular complexity index is 587. The van der Waals surface area contributed by atoms with E-state index in [9.17, 15) is 14.9 Å². The number of hydrogen-bond donors (Lipinski definition) is 0. The molecule has 1 heterocycles. The van der Waals surface area contributed by atoms with Gasteiger partial charge in [-0.05, 0) is 6.92 Å². The molecule has 0 radical (unpaired) electrons. The number of hydrogen-bond acceptors (Lipinski definition) is 4. The van der Waals surface area contributed by atoms with Gasteiger partial charge in [0, 0.05) is 12.1 Å². The highest BCUT2D eigenvalue weighted by atomic mass is 32.2. The van der Waals surface area contributed by atoms with E-state index in [1.165, 1.54) is 16.7 Å². The zero-order chi connectivity index (χ0) is 13.8. The van der Waals surface area contributed by atoms with Crippen LogP contribution in [0, 0.1) is 11.3 Å². The molecule has 1 saturated heterocycles. The molecule has 0 N–H and O–H groups in total. The standard InChI is InChI=1S/C14H12N2O2S/c1-2-16-12(17)9-19-14(16)11(8-15)13(18)10-6-4-3-5-7-10/h3-7H,2,9H2,1H3/b14-11-. The molecular weight excluding hydrogens is 260 g/mol. The minimum Gasteiger partial charge on any atom is -0.305 e. The summed E-state index contributed by atoms with van der Waals surface area (Å²) in [6.45, 7) is 2.29. The highest BCUT2D eigenvalue weighted by Crippen LogP contribution is 2.32. The van der Waals surface area contributed by atoms with Crippen LogP contribution >= 0.6 is 11.8 Å². The Kier molecular flexibility index (Phi) is 4.03. The molecule has 0 spiro atoms. The minimum atomic E-state index is -0.334. The molecular formula is C14H12N2O2S. The minimum absolute atomic E-state index is 0.0453. The van der Waals surface area contributed by atoms with Gasteiger partial charge in [0.25, 0.3) is 0 Å². The number of Topliss-reactive ketones (excluding diaryl/α,β-unsaturated/α-hetero) is 1. The van der Waals surface area contributed by atoms with E-state index in [0.717, 1.165) is 0 Å². The van der Waals surface area contributed by atoms with Gasteiger partial charge in [0.15, 0.2) is 0 Å². The normalized spacial score (nSPS) is 17.3. The smallest absolute Gasteiger partial charge is 0.237 e. The summed E-state index contributed by atoms with van der Waals surface area (Å²) in [5, 5.41) is 9.71. The van der Waals surface area contributed by atoms with Gasteiger partial charge in [-0.3, -0.25) is 9.59 Å². The number of thioether (sulfide) groups is 1. The molecule has 5 heteroatoms. The maximum atomic E-state index is 12.3. The first kappa shape index (κ1) is 13.4. The molecule has 0 saturated carbocycles. The number of allylic oxidation sites excluding steroid dienone is 1. The third-order valence-electron chi connectivity index (χ3n) is 2.78. The van der Waals surface area contributed by atoms with Crippen LogP contribution < -0.4 is 0 Å². The second-order valence-electron chi connectivity index (χ2n) is 3.91. The predicted octanol–water partition coefficient (Wildman–Crippen LogP) is 2.20. The largest absolute Gasteiger partial charge is 0.305 e. The molecule has 96 valence electrons. The Morgan fingerprint density at radius 1 is 1.42 bits per heavy atom. The van der Waals surface area contributed by atoms with Crippen LogP contribution in [0.2, 0.25) is 0 Å². The van der Waals surface area contributed by atoms with E-state index < -0.39 is 0 Å². The van der Waals surface area contributed by atoms with Crippen LogP contribution in [-0.4, -0.2) is 28.9 Å². The van der Waals surface area contributed by atoms with Crippen molar-refractivity contribution in [2.45, 2.75) is 6.92 Å². The molecule has 1 aromatic carbocycles. The van der Waals surface area contributed by atoms with E-state index in [2.05, 4.69) is 0 Å². The van der Waals surface area contributed by atoms with Crippen molar-refractivity contribution in [3.05, 3.63) is 46.5 Å². The summed E-state index contributed by atoms with van der Waals surface area (Å²) in [6.07, 6.45) is 0. The van der Waals surface area contributed by atoms with E-state index in [0.29, 0.717) is 17.1 Å². The molecule has 4 nitrogen and oxygen atoms in total.